The molecule has 2 heterocycles. The number of hydrogen-bond donors (Lipinski definition) is 1. The summed E-state index contributed by atoms with van der Waals surface area (Å²) in [5.74, 6) is -0.610. The van der Waals surface area contributed by atoms with Crippen molar-refractivity contribution >= 4 is 51.9 Å². The highest BCUT2D eigenvalue weighted by atomic mass is 32.2. The molecule has 1 N–H and O–H groups in total. The van der Waals surface area contributed by atoms with Gasteiger partial charge in [-0.1, -0.05) is 36.0 Å². The molecule has 2 aliphatic heterocycles. The second-order valence-corrected chi connectivity index (χ2v) is 8.42. The predicted octanol–water partition coefficient (Wildman–Crippen LogP) is 4.02. The van der Waals surface area contributed by atoms with E-state index in [4.69, 9.17) is 0 Å². The van der Waals surface area contributed by atoms with Crippen molar-refractivity contribution in [1.29, 1.82) is 0 Å². The number of nitrogens with zero attached hydrogens (tertiary/aromatic N) is 3. The summed E-state index contributed by atoms with van der Waals surface area (Å²) in [5.41, 5.74) is 5.45. The van der Waals surface area contributed by atoms with Gasteiger partial charge in [0, 0.05) is 18.9 Å². The minimum absolute atomic E-state index is 0.284. The van der Waals surface area contributed by atoms with Crippen LogP contribution >= 0.6 is 23.5 Å². The van der Waals surface area contributed by atoms with Crippen LogP contribution in [-0.4, -0.2) is 29.0 Å². The van der Waals surface area contributed by atoms with Crippen LogP contribution in [0.2, 0.25) is 0 Å². The summed E-state index contributed by atoms with van der Waals surface area (Å²) in [6.07, 6.45) is 0. The zero-order valence-electron chi connectivity index (χ0n) is 15.6. The summed E-state index contributed by atoms with van der Waals surface area (Å²) in [4.78, 5) is 33.0. The molecule has 142 valence electrons. The van der Waals surface area contributed by atoms with Crippen LogP contribution in [0.25, 0.3) is 0 Å². The largest absolute Gasteiger partial charge is 0.337 e. The average molecular weight is 411 g/mol. The molecule has 2 aliphatic rings. The first-order valence-corrected chi connectivity index (χ1v) is 10.3. The van der Waals surface area contributed by atoms with Gasteiger partial charge in [-0.2, -0.15) is 5.01 Å². The van der Waals surface area contributed by atoms with Gasteiger partial charge in [0.05, 0.1) is 16.4 Å². The maximum absolute atomic E-state index is 13.1. The van der Waals surface area contributed by atoms with Gasteiger partial charge in [-0.25, -0.2) is 4.99 Å². The molecule has 0 aliphatic carbocycles. The highest BCUT2D eigenvalue weighted by Gasteiger charge is 2.40. The lowest BCUT2D eigenvalue weighted by atomic mass is 10.2. The van der Waals surface area contributed by atoms with Crippen molar-refractivity contribution in [3.63, 3.8) is 0 Å². The Kier molecular flexibility index (Phi) is 4.91. The van der Waals surface area contributed by atoms with Gasteiger partial charge in [0.15, 0.2) is 5.17 Å². The number of benzene rings is 2. The Hall–Kier alpha value is -2.71. The number of para-hydroxylation sites is 1. The molecule has 1 saturated heterocycles. The fraction of sp³-hybridized carbons (Fsp3) is 0.150. The van der Waals surface area contributed by atoms with Gasteiger partial charge in [-0.15, -0.1) is 0 Å². The number of carbonyl (C=O) groups excluding carboxylic acids is 2. The van der Waals surface area contributed by atoms with Crippen LogP contribution in [0.4, 0.5) is 11.4 Å². The number of amides is 2. The number of aryl methyl sites for hydroxylation is 1. The summed E-state index contributed by atoms with van der Waals surface area (Å²) in [7, 11) is 1.94. The monoisotopic (exact) mass is 410 g/mol. The minimum Gasteiger partial charge on any atom is -0.337 e. The van der Waals surface area contributed by atoms with Crippen molar-refractivity contribution in [3.05, 3.63) is 64.0 Å². The summed E-state index contributed by atoms with van der Waals surface area (Å²) in [6, 6.07) is 15.7. The Labute approximate surface area is 171 Å². The van der Waals surface area contributed by atoms with Crippen molar-refractivity contribution < 1.29 is 9.59 Å². The smallest absolute Gasteiger partial charge is 0.288 e. The van der Waals surface area contributed by atoms with Gasteiger partial charge in [-0.05, 0) is 48.5 Å². The minimum atomic E-state index is -0.326. The predicted molar refractivity (Wildman–Crippen MR) is 114 cm³/mol. The van der Waals surface area contributed by atoms with Gasteiger partial charge in [0.1, 0.15) is 4.91 Å². The van der Waals surface area contributed by atoms with Crippen molar-refractivity contribution in [2.75, 3.05) is 11.9 Å². The molecule has 0 spiro atoms. The second kappa shape index (κ2) is 7.37. The number of hydrogen-bond acceptors (Lipinski definition) is 6. The summed E-state index contributed by atoms with van der Waals surface area (Å²) < 4.78 is 0. The van der Waals surface area contributed by atoms with E-state index >= 15 is 0 Å². The molecule has 2 amide bonds. The molecule has 4 rings (SSSR count). The van der Waals surface area contributed by atoms with Gasteiger partial charge >= 0.3 is 0 Å². The Morgan fingerprint density at radius 1 is 1.11 bits per heavy atom. The topological polar surface area (TPSA) is 65.0 Å². The standard InChI is InChI=1S/C20H18N4O2S2/c1-12-7-6-8-14(11-12)21-20-24(22-13(2)25)18(26)17(28-20)19-23(3)15-9-4-5-10-16(15)27-19/h4-11H,1-3H3,(H,22,25)/b19-17-,21-20?. The molecule has 0 saturated carbocycles. The third-order valence-corrected chi connectivity index (χ3v) is 6.60. The molecular formula is C20H18N4O2S2. The van der Waals surface area contributed by atoms with Crippen molar-refractivity contribution in [1.82, 2.24) is 10.4 Å². The SMILES string of the molecule is CC(=O)NN1C(=O)/C(=C2/Sc3ccccc3N2C)SC1=Nc1cccc(C)c1. The molecule has 0 bridgehead atoms. The third-order valence-electron chi connectivity index (χ3n) is 4.21. The van der Waals surface area contributed by atoms with Gasteiger partial charge in [-0.3, -0.25) is 15.0 Å². The first kappa shape index (κ1) is 18.6. The number of thioether (sulfide) groups is 2. The highest BCUT2D eigenvalue weighted by molar-refractivity contribution is 8.19. The van der Waals surface area contributed by atoms with Crippen LogP contribution in [0.15, 0.2) is 68.4 Å². The van der Waals surface area contributed by atoms with E-state index in [2.05, 4.69) is 10.4 Å². The number of amidine groups is 1. The molecule has 2 aromatic rings. The quantitative estimate of drug-likeness (QED) is 0.758. The molecule has 0 radical (unpaired) electrons. The normalized spacial score (nSPS) is 20.1. The number of rotatable bonds is 2. The molecule has 0 atom stereocenters. The van der Waals surface area contributed by atoms with Crippen molar-refractivity contribution in [2.45, 2.75) is 18.7 Å². The lowest BCUT2D eigenvalue weighted by molar-refractivity contribution is -0.132. The fourth-order valence-electron chi connectivity index (χ4n) is 2.94. The Morgan fingerprint density at radius 2 is 1.89 bits per heavy atom. The summed E-state index contributed by atoms with van der Waals surface area (Å²) >= 11 is 2.82. The van der Waals surface area contributed by atoms with Crippen LogP contribution < -0.4 is 10.3 Å². The van der Waals surface area contributed by atoms with E-state index < -0.39 is 0 Å². The zero-order valence-corrected chi connectivity index (χ0v) is 17.2. The number of aliphatic imine (C=N–C) groups is 1. The van der Waals surface area contributed by atoms with Crippen LogP contribution in [-0.2, 0) is 9.59 Å². The lowest BCUT2D eigenvalue weighted by Crippen LogP contribution is -2.44. The number of carbonyl (C=O) groups is 2. The molecular weight excluding hydrogens is 392 g/mol. The van der Waals surface area contributed by atoms with E-state index in [-0.39, 0.29) is 11.8 Å². The summed E-state index contributed by atoms with van der Waals surface area (Å²) in [6.45, 7) is 3.36. The van der Waals surface area contributed by atoms with Crippen molar-refractivity contribution in [3.8, 4) is 0 Å². The molecule has 28 heavy (non-hydrogen) atoms. The summed E-state index contributed by atoms with van der Waals surface area (Å²) in [5, 5.41) is 2.49. The molecule has 1 fully saturated rings. The third kappa shape index (κ3) is 3.41. The van der Waals surface area contributed by atoms with Crippen molar-refractivity contribution in [2.24, 2.45) is 4.99 Å². The van der Waals surface area contributed by atoms with E-state index in [1.54, 1.807) is 11.8 Å². The highest BCUT2D eigenvalue weighted by Crippen LogP contribution is 2.49. The van der Waals surface area contributed by atoms with E-state index in [1.165, 1.54) is 23.7 Å². The van der Waals surface area contributed by atoms with Crippen LogP contribution in [0.3, 0.4) is 0 Å². The average Bonchev–Trinajstić information content (AvgIpc) is 3.13. The molecule has 0 unspecified atom stereocenters. The molecule has 0 aromatic heterocycles. The Balaban J connectivity index is 1.75. The van der Waals surface area contributed by atoms with Gasteiger partial charge in [0.25, 0.3) is 5.91 Å². The maximum atomic E-state index is 13.1. The molecule has 2 aromatic carbocycles. The van der Waals surface area contributed by atoms with Crippen LogP contribution in [0.1, 0.15) is 12.5 Å². The van der Waals surface area contributed by atoms with Gasteiger partial charge < -0.3 is 4.90 Å². The number of hydrazine groups is 1. The Morgan fingerprint density at radius 3 is 2.61 bits per heavy atom. The number of nitrogens with one attached hydrogen (secondary N) is 1. The molecule has 8 heteroatoms. The van der Waals surface area contributed by atoms with E-state index in [0.29, 0.717) is 10.1 Å². The van der Waals surface area contributed by atoms with Crippen LogP contribution in [0, 0.1) is 6.92 Å². The maximum Gasteiger partial charge on any atom is 0.288 e. The fourth-order valence-corrected chi connectivity index (χ4v) is 5.23. The zero-order chi connectivity index (χ0) is 19.8. The first-order valence-electron chi connectivity index (χ1n) is 8.64. The van der Waals surface area contributed by atoms with E-state index in [0.717, 1.165) is 26.9 Å². The second-order valence-electron chi connectivity index (χ2n) is 6.41. The molecule has 6 nitrogen and oxygen atoms in total. The van der Waals surface area contributed by atoms with Crippen LogP contribution in [0.5, 0.6) is 0 Å². The first-order chi connectivity index (χ1) is 13.4. The number of anilines is 1. The van der Waals surface area contributed by atoms with Gasteiger partial charge in [0.2, 0.25) is 5.91 Å². The Bertz CT molecular complexity index is 1050. The number of fused-ring (bicyclic) bond motifs is 1. The van der Waals surface area contributed by atoms with E-state index in [9.17, 15) is 9.59 Å². The van der Waals surface area contributed by atoms with E-state index in [1.807, 2.05) is 67.4 Å². The lowest BCUT2D eigenvalue weighted by Gasteiger charge is -2.16.